The van der Waals surface area contributed by atoms with Crippen LogP contribution in [0.1, 0.15) is 0 Å². The molecule has 4 rings (SSSR count). The van der Waals surface area contributed by atoms with Gasteiger partial charge in [-0.3, -0.25) is 9.69 Å². The van der Waals surface area contributed by atoms with Gasteiger partial charge in [0.1, 0.15) is 0 Å². The number of amides is 1. The van der Waals surface area contributed by atoms with Gasteiger partial charge in [-0.1, -0.05) is 60.3 Å². The maximum atomic E-state index is 13.2. The first-order chi connectivity index (χ1) is 12.7. The average Bonchev–Trinajstić information content (AvgIpc) is 2.93. The van der Waals surface area contributed by atoms with Crippen molar-refractivity contribution in [3.63, 3.8) is 0 Å². The number of aryl methyl sites for hydroxylation is 1. The molecule has 6 nitrogen and oxygen atoms in total. The van der Waals surface area contributed by atoms with Gasteiger partial charge >= 0.3 is 0 Å². The van der Waals surface area contributed by atoms with Crippen LogP contribution in [0, 0.1) is 5.92 Å². The molecule has 1 unspecified atom stereocenters. The number of benzene rings is 1. The van der Waals surface area contributed by atoms with E-state index in [1.165, 1.54) is 11.8 Å². The van der Waals surface area contributed by atoms with E-state index in [4.69, 9.17) is 0 Å². The lowest BCUT2D eigenvalue weighted by atomic mass is 9.94. The molecule has 1 aliphatic heterocycles. The van der Waals surface area contributed by atoms with E-state index >= 15 is 0 Å². The van der Waals surface area contributed by atoms with Crippen LogP contribution in [-0.2, 0) is 11.8 Å². The van der Waals surface area contributed by atoms with Gasteiger partial charge in [0.25, 0.3) is 5.91 Å². The molecule has 2 aromatic rings. The number of para-hydroxylation sites is 1. The number of hydrogen-bond donors (Lipinski definition) is 0. The highest BCUT2D eigenvalue weighted by atomic mass is 32.2. The molecule has 0 fully saturated rings. The standard InChI is InChI=1S/C19H17N5OS/c1-23-19(20-21-22-23)26-13-15-12-14-8-4-2-7-11-17(14)24(18(15)25)16-9-5-3-6-10-16/h2-12,14H,13H2,1H3. The van der Waals surface area contributed by atoms with Crippen LogP contribution in [0.15, 0.2) is 83.2 Å². The van der Waals surface area contributed by atoms with Crippen LogP contribution < -0.4 is 4.90 Å². The SMILES string of the molecule is Cn1nnnc1SCC1=CC2C=CC=CC=C2N(c2ccccc2)C1=O. The summed E-state index contributed by atoms with van der Waals surface area (Å²) in [5.41, 5.74) is 2.57. The van der Waals surface area contributed by atoms with E-state index in [-0.39, 0.29) is 11.8 Å². The highest BCUT2D eigenvalue weighted by molar-refractivity contribution is 7.99. The normalized spacial score (nSPS) is 19.0. The number of anilines is 1. The third-order valence-electron chi connectivity index (χ3n) is 4.22. The van der Waals surface area contributed by atoms with Gasteiger partial charge in [-0.15, -0.1) is 5.10 Å². The van der Waals surface area contributed by atoms with Gasteiger partial charge in [0.05, 0.1) is 0 Å². The fourth-order valence-electron chi connectivity index (χ4n) is 2.96. The van der Waals surface area contributed by atoms with Gasteiger partial charge in [0.15, 0.2) is 0 Å². The summed E-state index contributed by atoms with van der Waals surface area (Å²) < 4.78 is 1.61. The van der Waals surface area contributed by atoms with Crippen LogP contribution in [0.3, 0.4) is 0 Å². The quantitative estimate of drug-likeness (QED) is 0.782. The van der Waals surface area contributed by atoms with Crippen LogP contribution >= 0.6 is 11.8 Å². The third-order valence-corrected chi connectivity index (χ3v) is 5.28. The Morgan fingerprint density at radius 2 is 2.00 bits per heavy atom. The molecule has 1 atom stereocenters. The van der Waals surface area contributed by atoms with E-state index in [1.807, 2.05) is 60.7 Å². The maximum absolute atomic E-state index is 13.2. The minimum Gasteiger partial charge on any atom is -0.280 e. The number of tetrazole rings is 1. The summed E-state index contributed by atoms with van der Waals surface area (Å²) in [6.07, 6.45) is 12.1. The van der Waals surface area contributed by atoms with E-state index in [2.05, 4.69) is 21.6 Å². The Morgan fingerprint density at radius 3 is 2.77 bits per heavy atom. The minimum absolute atomic E-state index is 0.00923. The third kappa shape index (κ3) is 3.13. The largest absolute Gasteiger partial charge is 0.280 e. The molecular weight excluding hydrogens is 346 g/mol. The number of fused-ring (bicyclic) bond motifs is 1. The first kappa shape index (κ1) is 16.5. The number of carbonyl (C=O) groups is 1. The molecule has 26 heavy (non-hydrogen) atoms. The molecule has 130 valence electrons. The molecule has 0 N–H and O–H groups in total. The summed E-state index contributed by atoms with van der Waals surface area (Å²) in [6.45, 7) is 0. The van der Waals surface area contributed by atoms with Crippen molar-refractivity contribution in [3.05, 3.63) is 78.1 Å². The van der Waals surface area contributed by atoms with Crippen molar-refractivity contribution in [1.82, 2.24) is 20.2 Å². The Labute approximate surface area is 155 Å². The van der Waals surface area contributed by atoms with Gasteiger partial charge in [-0.25, -0.2) is 4.68 Å². The van der Waals surface area contributed by atoms with Crippen LogP contribution in [0.5, 0.6) is 0 Å². The number of hydrogen-bond acceptors (Lipinski definition) is 5. The second kappa shape index (κ2) is 7.13. The number of nitrogens with zero attached hydrogens (tertiary/aromatic N) is 5. The summed E-state index contributed by atoms with van der Waals surface area (Å²) in [5, 5.41) is 12.1. The zero-order valence-corrected chi connectivity index (χ0v) is 15.0. The fourth-order valence-corrected chi connectivity index (χ4v) is 3.79. The molecular formula is C19H17N5OS. The minimum atomic E-state index is -0.00923. The molecule has 1 aliphatic carbocycles. The van der Waals surface area contributed by atoms with Gasteiger partial charge in [0, 0.05) is 35.7 Å². The number of thioether (sulfide) groups is 1. The Bertz CT molecular complexity index is 942. The van der Waals surface area contributed by atoms with Crippen molar-refractivity contribution < 1.29 is 4.79 Å². The smallest absolute Gasteiger partial charge is 0.259 e. The second-order valence-corrected chi connectivity index (χ2v) is 6.87. The number of rotatable bonds is 4. The summed E-state index contributed by atoms with van der Waals surface area (Å²) in [5.74, 6) is 0.558. The van der Waals surface area contributed by atoms with Crippen LogP contribution in [0.4, 0.5) is 5.69 Å². The summed E-state index contributed by atoms with van der Waals surface area (Å²) in [4.78, 5) is 15.0. The first-order valence-corrected chi connectivity index (χ1v) is 9.23. The van der Waals surface area contributed by atoms with E-state index in [9.17, 15) is 4.79 Å². The van der Waals surface area contributed by atoms with Crippen molar-refractivity contribution in [1.29, 1.82) is 0 Å². The molecule has 1 aromatic carbocycles. The molecule has 2 heterocycles. The van der Waals surface area contributed by atoms with Gasteiger partial charge in [-0.2, -0.15) is 0 Å². The Hall–Kier alpha value is -2.93. The monoisotopic (exact) mass is 363 g/mol. The lowest BCUT2D eigenvalue weighted by Crippen LogP contribution is -2.38. The molecule has 0 radical (unpaired) electrons. The molecule has 0 spiro atoms. The molecule has 0 bridgehead atoms. The van der Waals surface area contributed by atoms with Crippen molar-refractivity contribution in [3.8, 4) is 0 Å². The molecule has 1 amide bonds. The highest BCUT2D eigenvalue weighted by Crippen LogP contribution is 2.35. The lowest BCUT2D eigenvalue weighted by molar-refractivity contribution is -0.114. The second-order valence-electron chi connectivity index (χ2n) is 5.93. The number of aromatic nitrogens is 4. The zero-order valence-electron chi connectivity index (χ0n) is 14.2. The van der Waals surface area contributed by atoms with E-state index in [0.717, 1.165) is 17.0 Å². The van der Waals surface area contributed by atoms with Crippen molar-refractivity contribution in [2.45, 2.75) is 5.16 Å². The van der Waals surface area contributed by atoms with Crippen LogP contribution in [-0.4, -0.2) is 31.9 Å². The van der Waals surface area contributed by atoms with Gasteiger partial charge in [0.2, 0.25) is 5.16 Å². The predicted octanol–water partition coefficient (Wildman–Crippen LogP) is 2.90. The highest BCUT2D eigenvalue weighted by Gasteiger charge is 2.32. The number of allylic oxidation sites excluding steroid dienone is 5. The van der Waals surface area contributed by atoms with Gasteiger partial charge < -0.3 is 0 Å². The number of carbonyl (C=O) groups excluding carboxylic acids is 1. The van der Waals surface area contributed by atoms with Crippen LogP contribution in [0.25, 0.3) is 0 Å². The summed E-state index contributed by atoms with van der Waals surface area (Å²) in [6, 6.07) is 9.75. The Balaban J connectivity index is 1.69. The predicted molar refractivity (Wildman–Crippen MR) is 101 cm³/mol. The van der Waals surface area contributed by atoms with E-state index in [1.54, 1.807) is 16.6 Å². The zero-order chi connectivity index (χ0) is 17.9. The van der Waals surface area contributed by atoms with Gasteiger partial charge in [-0.05, 0) is 28.6 Å². The van der Waals surface area contributed by atoms with E-state index < -0.39 is 0 Å². The van der Waals surface area contributed by atoms with E-state index in [0.29, 0.717) is 10.9 Å². The Kier molecular flexibility index (Phi) is 4.53. The summed E-state index contributed by atoms with van der Waals surface area (Å²) in [7, 11) is 1.79. The van der Waals surface area contributed by atoms with Crippen LogP contribution in [0.2, 0.25) is 0 Å². The van der Waals surface area contributed by atoms with Crippen molar-refractivity contribution in [2.24, 2.45) is 13.0 Å². The summed E-state index contributed by atoms with van der Waals surface area (Å²) >= 11 is 1.46. The molecule has 0 saturated carbocycles. The first-order valence-electron chi connectivity index (χ1n) is 8.24. The molecule has 7 heteroatoms. The fraction of sp³-hybridized carbons (Fsp3) is 0.158. The molecule has 2 aliphatic rings. The average molecular weight is 363 g/mol. The Morgan fingerprint density at radius 1 is 1.15 bits per heavy atom. The maximum Gasteiger partial charge on any atom is 0.259 e. The molecule has 0 saturated heterocycles. The topological polar surface area (TPSA) is 63.9 Å². The van der Waals surface area contributed by atoms with Crippen molar-refractivity contribution in [2.75, 3.05) is 10.7 Å². The van der Waals surface area contributed by atoms with Crippen molar-refractivity contribution >= 4 is 23.4 Å². The lowest BCUT2D eigenvalue weighted by Gasteiger charge is -2.33. The molecule has 1 aromatic heterocycles.